The standard InChI is InChI=1S/C24H26FN5O3/c1-33-19-8-3-2-5-16(19)24(32)28-13-14-9-11-15(12-10-14)21-20(23(27)31)22(26)30(29-21)18-7-4-6-17(18)25/h2-3,5,8-12,17-18H,4,6-7,13,26H2,1H3,(H2,27,31)(H,28,32). The maximum absolute atomic E-state index is 14.3. The number of hydrogen-bond donors (Lipinski definition) is 3. The van der Waals surface area contributed by atoms with Gasteiger partial charge in [-0.1, -0.05) is 36.4 Å². The van der Waals surface area contributed by atoms with Crippen LogP contribution < -0.4 is 21.5 Å². The number of methoxy groups -OCH3 is 1. The van der Waals surface area contributed by atoms with Crippen LogP contribution in [0.15, 0.2) is 48.5 Å². The SMILES string of the molecule is COc1ccccc1C(=O)NCc1ccc(-c2nn(C3CCCC3F)c(N)c2C(N)=O)cc1. The van der Waals surface area contributed by atoms with Crippen LogP contribution in [0.5, 0.6) is 5.75 Å². The quantitative estimate of drug-likeness (QED) is 0.509. The molecule has 3 aromatic rings. The maximum Gasteiger partial charge on any atom is 0.255 e. The largest absolute Gasteiger partial charge is 0.496 e. The number of alkyl halides is 1. The Kier molecular flexibility index (Phi) is 6.30. The Balaban J connectivity index is 1.53. The molecule has 8 nitrogen and oxygen atoms in total. The number of halogens is 1. The van der Waals surface area contributed by atoms with E-state index in [0.29, 0.717) is 42.0 Å². The molecular formula is C24H26FN5O3. The predicted octanol–water partition coefficient (Wildman–Crippen LogP) is 3.23. The predicted molar refractivity (Wildman–Crippen MR) is 123 cm³/mol. The van der Waals surface area contributed by atoms with Gasteiger partial charge in [-0.15, -0.1) is 0 Å². The molecule has 2 atom stereocenters. The molecule has 1 fully saturated rings. The summed E-state index contributed by atoms with van der Waals surface area (Å²) < 4.78 is 20.9. The summed E-state index contributed by atoms with van der Waals surface area (Å²) in [4.78, 5) is 24.6. The van der Waals surface area contributed by atoms with Gasteiger partial charge in [-0.2, -0.15) is 5.10 Å². The van der Waals surface area contributed by atoms with E-state index in [-0.39, 0.29) is 17.3 Å². The van der Waals surface area contributed by atoms with Gasteiger partial charge in [-0.05, 0) is 37.0 Å². The fourth-order valence-corrected chi connectivity index (χ4v) is 4.21. The maximum atomic E-state index is 14.3. The Morgan fingerprint density at radius 3 is 2.55 bits per heavy atom. The highest BCUT2D eigenvalue weighted by Crippen LogP contribution is 2.37. The molecule has 1 saturated carbocycles. The number of ether oxygens (including phenoxy) is 1. The Morgan fingerprint density at radius 2 is 1.91 bits per heavy atom. The van der Waals surface area contributed by atoms with E-state index in [1.807, 2.05) is 12.1 Å². The van der Waals surface area contributed by atoms with Crippen molar-refractivity contribution in [1.82, 2.24) is 15.1 Å². The van der Waals surface area contributed by atoms with Gasteiger partial charge in [-0.25, -0.2) is 9.07 Å². The molecule has 172 valence electrons. The molecule has 0 aliphatic heterocycles. The normalized spacial score (nSPS) is 17.6. The zero-order valence-corrected chi connectivity index (χ0v) is 18.3. The Bertz CT molecular complexity index is 1180. The monoisotopic (exact) mass is 451 g/mol. The Labute approximate surface area is 190 Å². The van der Waals surface area contributed by atoms with Crippen molar-refractivity contribution in [3.8, 4) is 17.0 Å². The molecule has 5 N–H and O–H groups in total. The Morgan fingerprint density at radius 1 is 1.18 bits per heavy atom. The highest BCUT2D eigenvalue weighted by atomic mass is 19.1. The number of para-hydroxylation sites is 1. The van der Waals surface area contributed by atoms with E-state index in [1.54, 1.807) is 36.4 Å². The number of nitrogens with one attached hydrogen (secondary N) is 1. The molecule has 33 heavy (non-hydrogen) atoms. The van der Waals surface area contributed by atoms with Crippen molar-refractivity contribution in [3.05, 3.63) is 65.2 Å². The van der Waals surface area contributed by atoms with E-state index >= 15 is 0 Å². The first-order chi connectivity index (χ1) is 15.9. The van der Waals surface area contributed by atoms with Crippen molar-refractivity contribution in [3.63, 3.8) is 0 Å². The molecule has 1 aromatic heterocycles. The van der Waals surface area contributed by atoms with Crippen LogP contribution in [-0.4, -0.2) is 34.9 Å². The summed E-state index contributed by atoms with van der Waals surface area (Å²) in [5.74, 6) is -0.387. The molecule has 2 unspecified atom stereocenters. The van der Waals surface area contributed by atoms with E-state index in [4.69, 9.17) is 16.2 Å². The molecule has 0 bridgehead atoms. The van der Waals surface area contributed by atoms with E-state index < -0.39 is 18.1 Å². The lowest BCUT2D eigenvalue weighted by molar-refractivity contribution is 0.0946. The van der Waals surface area contributed by atoms with Crippen LogP contribution in [0.4, 0.5) is 10.2 Å². The second kappa shape index (κ2) is 9.32. The van der Waals surface area contributed by atoms with Gasteiger partial charge in [0.2, 0.25) is 0 Å². The number of primary amides is 1. The first-order valence-electron chi connectivity index (χ1n) is 10.7. The average Bonchev–Trinajstić information content (AvgIpc) is 3.40. The van der Waals surface area contributed by atoms with Crippen LogP contribution in [-0.2, 0) is 6.54 Å². The summed E-state index contributed by atoms with van der Waals surface area (Å²) in [5.41, 5.74) is 14.0. The number of amides is 2. The fourth-order valence-electron chi connectivity index (χ4n) is 4.21. The summed E-state index contributed by atoms with van der Waals surface area (Å²) >= 11 is 0. The summed E-state index contributed by atoms with van der Waals surface area (Å²) in [6.07, 6.45) is 0.729. The number of rotatable bonds is 7. The van der Waals surface area contributed by atoms with Crippen molar-refractivity contribution in [2.75, 3.05) is 12.8 Å². The lowest BCUT2D eigenvalue weighted by Gasteiger charge is -2.14. The number of anilines is 1. The number of benzene rings is 2. The minimum atomic E-state index is -1.06. The van der Waals surface area contributed by atoms with Gasteiger partial charge >= 0.3 is 0 Å². The number of nitrogen functional groups attached to an aromatic ring is 1. The van der Waals surface area contributed by atoms with Gasteiger partial charge in [0.1, 0.15) is 29.0 Å². The summed E-state index contributed by atoms with van der Waals surface area (Å²) in [5, 5.41) is 7.32. The smallest absolute Gasteiger partial charge is 0.255 e. The molecule has 1 heterocycles. The molecule has 0 saturated heterocycles. The van der Waals surface area contributed by atoms with Gasteiger partial charge in [0.05, 0.1) is 18.7 Å². The van der Waals surface area contributed by atoms with Crippen LogP contribution in [0.2, 0.25) is 0 Å². The summed E-state index contributed by atoms with van der Waals surface area (Å²) in [7, 11) is 1.51. The number of nitrogens with two attached hydrogens (primary N) is 2. The van der Waals surface area contributed by atoms with Crippen molar-refractivity contribution in [1.29, 1.82) is 0 Å². The molecule has 0 radical (unpaired) electrons. The third-order valence-electron chi connectivity index (χ3n) is 5.94. The molecule has 1 aliphatic carbocycles. The summed E-state index contributed by atoms with van der Waals surface area (Å²) in [6.45, 7) is 0.294. The van der Waals surface area contributed by atoms with Crippen LogP contribution in [0.1, 0.15) is 51.6 Å². The highest BCUT2D eigenvalue weighted by molar-refractivity contribution is 6.03. The first-order valence-corrected chi connectivity index (χ1v) is 10.7. The topological polar surface area (TPSA) is 125 Å². The summed E-state index contributed by atoms with van der Waals surface area (Å²) in [6, 6.07) is 13.6. The van der Waals surface area contributed by atoms with Crippen LogP contribution in [0.25, 0.3) is 11.3 Å². The number of aromatic nitrogens is 2. The number of carbonyl (C=O) groups excluding carboxylic acids is 2. The molecule has 2 aromatic carbocycles. The van der Waals surface area contributed by atoms with Gasteiger partial charge in [0.15, 0.2) is 0 Å². The lowest BCUT2D eigenvalue weighted by Crippen LogP contribution is -2.23. The third-order valence-corrected chi connectivity index (χ3v) is 5.94. The number of nitrogens with zero attached hydrogens (tertiary/aromatic N) is 2. The molecule has 9 heteroatoms. The van der Waals surface area contributed by atoms with Gasteiger partial charge in [0, 0.05) is 12.1 Å². The third kappa shape index (κ3) is 4.39. The van der Waals surface area contributed by atoms with Gasteiger partial charge in [0.25, 0.3) is 11.8 Å². The first kappa shape index (κ1) is 22.3. The van der Waals surface area contributed by atoms with E-state index in [2.05, 4.69) is 10.4 Å². The van der Waals surface area contributed by atoms with Crippen molar-refractivity contribution >= 4 is 17.6 Å². The van der Waals surface area contributed by atoms with Crippen molar-refractivity contribution < 1.29 is 18.7 Å². The molecule has 1 aliphatic rings. The minimum absolute atomic E-state index is 0.0835. The molecule has 2 amide bonds. The van der Waals surface area contributed by atoms with Gasteiger partial charge < -0.3 is 21.5 Å². The van der Waals surface area contributed by atoms with Crippen molar-refractivity contribution in [2.24, 2.45) is 5.73 Å². The second-order valence-electron chi connectivity index (χ2n) is 8.01. The number of hydrogen-bond acceptors (Lipinski definition) is 5. The molecular weight excluding hydrogens is 425 g/mol. The number of carbonyl (C=O) groups is 2. The van der Waals surface area contributed by atoms with E-state index in [1.165, 1.54) is 11.8 Å². The van der Waals surface area contributed by atoms with Crippen molar-refractivity contribution in [2.45, 2.75) is 38.0 Å². The van der Waals surface area contributed by atoms with E-state index in [9.17, 15) is 14.0 Å². The highest BCUT2D eigenvalue weighted by Gasteiger charge is 2.33. The van der Waals surface area contributed by atoms with Crippen LogP contribution in [0.3, 0.4) is 0 Å². The molecule has 0 spiro atoms. The van der Waals surface area contributed by atoms with Gasteiger partial charge in [-0.3, -0.25) is 9.59 Å². The minimum Gasteiger partial charge on any atom is -0.496 e. The molecule has 4 rings (SSSR count). The lowest BCUT2D eigenvalue weighted by atomic mass is 10.0. The zero-order valence-electron chi connectivity index (χ0n) is 18.3. The van der Waals surface area contributed by atoms with Crippen LogP contribution in [0, 0.1) is 0 Å². The zero-order chi connectivity index (χ0) is 23.5. The van der Waals surface area contributed by atoms with Crippen LogP contribution >= 0.6 is 0 Å². The average molecular weight is 452 g/mol. The Hall–Kier alpha value is -3.88. The second-order valence-corrected chi connectivity index (χ2v) is 8.01. The van der Waals surface area contributed by atoms with E-state index in [0.717, 1.165) is 12.0 Å². The fraction of sp³-hybridized carbons (Fsp3) is 0.292.